The first-order valence-electron chi connectivity index (χ1n) is 9.65. The number of nitrogens with zero attached hydrogens (tertiary/aromatic N) is 1. The molecule has 0 spiro atoms. The summed E-state index contributed by atoms with van der Waals surface area (Å²) in [5.41, 5.74) is 1.44. The zero-order valence-electron chi connectivity index (χ0n) is 17.5. The molecule has 1 unspecified atom stereocenters. The lowest BCUT2D eigenvalue weighted by Crippen LogP contribution is -2.48. The summed E-state index contributed by atoms with van der Waals surface area (Å²) >= 11 is 0. The average molecular weight is 390 g/mol. The molecule has 28 heavy (non-hydrogen) atoms. The molecule has 1 aliphatic heterocycles. The smallest absolute Gasteiger partial charge is 0.408 e. The van der Waals surface area contributed by atoms with Gasteiger partial charge in [-0.1, -0.05) is 6.92 Å². The Bertz CT molecular complexity index is 754. The van der Waals surface area contributed by atoms with Crippen LogP contribution in [-0.2, 0) is 14.3 Å². The Kier molecular flexibility index (Phi) is 6.69. The van der Waals surface area contributed by atoms with Crippen LogP contribution in [0.4, 0.5) is 10.5 Å². The minimum Gasteiger partial charge on any atom is -0.462 e. The third kappa shape index (κ3) is 5.03. The Hall–Kier alpha value is -2.57. The SMILES string of the molecule is CCOC(=O)c1ccc2c(c1)C(CC)C[C@H](NC(=O)OC(C)(C)C)C(=O)N2C. The number of carbonyl (C=O) groups excluding carboxylic acids is 3. The number of ether oxygens (including phenoxy) is 2. The van der Waals surface area contributed by atoms with E-state index in [0.29, 0.717) is 18.6 Å². The first kappa shape index (κ1) is 21.7. The number of anilines is 1. The van der Waals surface area contributed by atoms with Crippen LogP contribution in [0, 0.1) is 0 Å². The van der Waals surface area contributed by atoms with E-state index >= 15 is 0 Å². The number of alkyl carbamates (subject to hydrolysis) is 1. The number of likely N-dealkylation sites (N-methyl/N-ethyl adjacent to an activating group) is 1. The van der Waals surface area contributed by atoms with Crippen LogP contribution in [0.5, 0.6) is 0 Å². The van der Waals surface area contributed by atoms with Crippen molar-refractivity contribution < 1.29 is 23.9 Å². The van der Waals surface area contributed by atoms with Gasteiger partial charge in [0, 0.05) is 12.7 Å². The first-order chi connectivity index (χ1) is 13.1. The number of benzene rings is 1. The van der Waals surface area contributed by atoms with E-state index in [4.69, 9.17) is 9.47 Å². The summed E-state index contributed by atoms with van der Waals surface area (Å²) < 4.78 is 10.4. The fraction of sp³-hybridized carbons (Fsp3) is 0.571. The molecule has 0 aliphatic carbocycles. The molecule has 2 atom stereocenters. The highest BCUT2D eigenvalue weighted by Gasteiger charge is 2.35. The van der Waals surface area contributed by atoms with E-state index in [0.717, 1.165) is 17.7 Å². The Balaban J connectivity index is 2.33. The molecule has 0 aromatic heterocycles. The normalized spacial score (nSPS) is 19.5. The molecule has 7 heteroatoms. The second kappa shape index (κ2) is 8.63. The highest BCUT2D eigenvalue weighted by Crippen LogP contribution is 2.37. The molecule has 1 aliphatic rings. The van der Waals surface area contributed by atoms with Gasteiger partial charge in [0.2, 0.25) is 5.91 Å². The van der Waals surface area contributed by atoms with Crippen molar-refractivity contribution in [3.05, 3.63) is 29.3 Å². The molecular formula is C21H30N2O5. The van der Waals surface area contributed by atoms with E-state index in [9.17, 15) is 14.4 Å². The van der Waals surface area contributed by atoms with Gasteiger partial charge in [-0.25, -0.2) is 9.59 Å². The fourth-order valence-electron chi connectivity index (χ4n) is 3.35. The highest BCUT2D eigenvalue weighted by molar-refractivity contribution is 6.00. The van der Waals surface area contributed by atoms with Crippen molar-refractivity contribution in [2.24, 2.45) is 0 Å². The van der Waals surface area contributed by atoms with Gasteiger partial charge in [-0.15, -0.1) is 0 Å². The van der Waals surface area contributed by atoms with E-state index in [-0.39, 0.29) is 17.8 Å². The summed E-state index contributed by atoms with van der Waals surface area (Å²) in [5, 5.41) is 2.71. The quantitative estimate of drug-likeness (QED) is 0.794. The number of carbonyl (C=O) groups is 3. The van der Waals surface area contributed by atoms with Crippen LogP contribution in [-0.4, -0.2) is 43.3 Å². The van der Waals surface area contributed by atoms with E-state index in [1.165, 1.54) is 4.90 Å². The maximum absolute atomic E-state index is 13.0. The van der Waals surface area contributed by atoms with Gasteiger partial charge in [-0.05, 0) is 70.2 Å². The van der Waals surface area contributed by atoms with Gasteiger partial charge in [0.1, 0.15) is 11.6 Å². The number of hydrogen-bond acceptors (Lipinski definition) is 5. The predicted octanol–water partition coefficient (Wildman–Crippen LogP) is 3.62. The molecule has 1 aromatic carbocycles. The molecule has 2 amide bonds. The van der Waals surface area contributed by atoms with E-state index < -0.39 is 17.7 Å². The van der Waals surface area contributed by atoms with E-state index in [2.05, 4.69) is 5.32 Å². The van der Waals surface area contributed by atoms with Crippen molar-refractivity contribution in [3.63, 3.8) is 0 Å². The standard InChI is InChI=1S/C21H30N2O5/c1-7-13-12-16(22-20(26)28-21(3,4)5)18(24)23(6)17-10-9-14(11-15(13)17)19(25)27-8-2/h9-11,13,16H,7-8,12H2,1-6H3,(H,22,26)/t13?,16-/m0/s1. The monoisotopic (exact) mass is 390 g/mol. The summed E-state index contributed by atoms with van der Waals surface area (Å²) in [5.74, 6) is -0.605. The lowest BCUT2D eigenvalue weighted by molar-refractivity contribution is -0.120. The molecule has 0 saturated carbocycles. The summed E-state index contributed by atoms with van der Waals surface area (Å²) in [7, 11) is 1.67. The van der Waals surface area contributed by atoms with Crippen LogP contribution in [0.25, 0.3) is 0 Å². The van der Waals surface area contributed by atoms with Crippen LogP contribution < -0.4 is 10.2 Å². The van der Waals surface area contributed by atoms with Crippen LogP contribution in [0.2, 0.25) is 0 Å². The zero-order chi connectivity index (χ0) is 21.1. The number of rotatable bonds is 4. The summed E-state index contributed by atoms with van der Waals surface area (Å²) in [6, 6.07) is 4.51. The van der Waals surface area contributed by atoms with Crippen molar-refractivity contribution in [1.82, 2.24) is 5.32 Å². The topological polar surface area (TPSA) is 84.9 Å². The number of esters is 1. The van der Waals surface area contributed by atoms with Crippen LogP contribution in [0.3, 0.4) is 0 Å². The molecule has 0 bridgehead atoms. The maximum atomic E-state index is 13.0. The molecule has 7 nitrogen and oxygen atoms in total. The van der Waals surface area contributed by atoms with Gasteiger partial charge in [-0.2, -0.15) is 0 Å². The largest absolute Gasteiger partial charge is 0.462 e. The molecular weight excluding hydrogens is 360 g/mol. The molecule has 0 saturated heterocycles. The molecule has 0 radical (unpaired) electrons. The van der Waals surface area contributed by atoms with E-state index in [1.54, 1.807) is 52.9 Å². The maximum Gasteiger partial charge on any atom is 0.408 e. The summed E-state index contributed by atoms with van der Waals surface area (Å²) in [4.78, 5) is 38.8. The Morgan fingerprint density at radius 1 is 1.25 bits per heavy atom. The predicted molar refractivity (Wildman–Crippen MR) is 107 cm³/mol. The number of hydrogen-bond donors (Lipinski definition) is 1. The molecule has 1 aromatic rings. The molecule has 154 valence electrons. The molecule has 0 fully saturated rings. The minimum atomic E-state index is -0.705. The highest BCUT2D eigenvalue weighted by atomic mass is 16.6. The number of amides is 2. The van der Waals surface area contributed by atoms with Gasteiger partial charge in [-0.3, -0.25) is 4.79 Å². The third-order valence-electron chi connectivity index (χ3n) is 4.67. The summed E-state index contributed by atoms with van der Waals surface area (Å²) in [6.07, 6.45) is 0.567. The Morgan fingerprint density at radius 2 is 1.93 bits per heavy atom. The van der Waals surface area contributed by atoms with Crippen LogP contribution in [0.15, 0.2) is 18.2 Å². The number of fused-ring (bicyclic) bond motifs is 1. The van der Waals surface area contributed by atoms with Crippen molar-refractivity contribution in [2.75, 3.05) is 18.6 Å². The Morgan fingerprint density at radius 3 is 2.50 bits per heavy atom. The molecule has 1 N–H and O–H groups in total. The average Bonchev–Trinajstić information content (AvgIpc) is 2.70. The molecule has 1 heterocycles. The number of nitrogens with one attached hydrogen (secondary N) is 1. The van der Waals surface area contributed by atoms with Gasteiger partial charge in [0.05, 0.1) is 12.2 Å². The lowest BCUT2D eigenvalue weighted by Gasteiger charge is -2.25. The lowest BCUT2D eigenvalue weighted by atomic mass is 9.89. The third-order valence-corrected chi connectivity index (χ3v) is 4.67. The minimum absolute atomic E-state index is 0.00165. The Labute approximate surface area is 166 Å². The second-order valence-corrected chi connectivity index (χ2v) is 7.93. The van der Waals surface area contributed by atoms with Gasteiger partial charge in [0.25, 0.3) is 0 Å². The molecule has 2 rings (SSSR count). The van der Waals surface area contributed by atoms with Gasteiger partial charge >= 0.3 is 12.1 Å². The summed E-state index contributed by atoms with van der Waals surface area (Å²) in [6.45, 7) is 9.40. The van der Waals surface area contributed by atoms with Gasteiger partial charge < -0.3 is 19.7 Å². The van der Waals surface area contributed by atoms with Crippen molar-refractivity contribution >= 4 is 23.7 Å². The van der Waals surface area contributed by atoms with Crippen molar-refractivity contribution in [1.29, 1.82) is 0 Å². The second-order valence-electron chi connectivity index (χ2n) is 7.93. The van der Waals surface area contributed by atoms with E-state index in [1.807, 2.05) is 6.92 Å². The van der Waals surface area contributed by atoms with Crippen molar-refractivity contribution in [2.45, 2.75) is 65.0 Å². The van der Waals surface area contributed by atoms with Crippen LogP contribution in [0.1, 0.15) is 69.3 Å². The first-order valence-corrected chi connectivity index (χ1v) is 9.65. The van der Waals surface area contributed by atoms with Crippen molar-refractivity contribution in [3.8, 4) is 0 Å². The fourth-order valence-corrected chi connectivity index (χ4v) is 3.35. The zero-order valence-corrected chi connectivity index (χ0v) is 17.5. The van der Waals surface area contributed by atoms with Gasteiger partial charge in [0.15, 0.2) is 0 Å². The van der Waals surface area contributed by atoms with Crippen LogP contribution >= 0.6 is 0 Å².